The van der Waals surface area contributed by atoms with Crippen molar-refractivity contribution >= 4 is 5.82 Å². The van der Waals surface area contributed by atoms with Crippen LogP contribution in [0.3, 0.4) is 0 Å². The van der Waals surface area contributed by atoms with Gasteiger partial charge in [-0.1, -0.05) is 96.9 Å². The zero-order valence-corrected chi connectivity index (χ0v) is 55.8. The van der Waals surface area contributed by atoms with Crippen molar-refractivity contribution in [1.29, 1.82) is 0 Å². The minimum atomic E-state index is 0.258. The van der Waals surface area contributed by atoms with Gasteiger partial charge < -0.3 is 47.9 Å². The molecule has 0 radical (unpaired) electrons. The molecule has 0 amide bonds. The maximum atomic E-state index is 5.65. The molecule has 7 aliphatic rings. The maximum absolute atomic E-state index is 5.65. The first-order valence-electron chi connectivity index (χ1n) is 32.6. The summed E-state index contributed by atoms with van der Waals surface area (Å²) in [6, 6.07) is 12.4. The molecule has 0 spiro atoms. The molecule has 18 nitrogen and oxygen atoms in total. The zero-order valence-electron chi connectivity index (χ0n) is 55.8. The van der Waals surface area contributed by atoms with Crippen molar-refractivity contribution in [2.24, 2.45) is 0 Å². The summed E-state index contributed by atoms with van der Waals surface area (Å²) >= 11 is 0. The Bertz CT molecular complexity index is 2900. The van der Waals surface area contributed by atoms with Gasteiger partial charge in [0.2, 0.25) is 18.4 Å². The molecule has 0 saturated heterocycles. The van der Waals surface area contributed by atoms with E-state index >= 15 is 0 Å². The highest BCUT2D eigenvalue weighted by atomic mass is 16.7. The molecule has 0 unspecified atom stereocenters. The third kappa shape index (κ3) is 18.1. The van der Waals surface area contributed by atoms with Crippen LogP contribution in [0.15, 0.2) is 79.9 Å². The van der Waals surface area contributed by atoms with Crippen LogP contribution in [0.2, 0.25) is 0 Å². The summed E-state index contributed by atoms with van der Waals surface area (Å²) in [6.45, 7) is 36.3. The van der Waals surface area contributed by atoms with Crippen LogP contribution in [0.5, 0.6) is 52.3 Å². The lowest BCUT2D eigenvalue weighted by Gasteiger charge is -2.21. The van der Waals surface area contributed by atoms with E-state index in [1.807, 2.05) is 43.0 Å². The number of hydrogen-bond donors (Lipinski definition) is 1. The molecular formula is C72H97N9O9. The molecule has 7 aromatic heterocycles. The van der Waals surface area contributed by atoms with Gasteiger partial charge in [-0.05, 0) is 146 Å². The number of nitrogens with one attached hydrogen (secondary N) is 1. The number of ether oxygens (including phenoxy) is 9. The molecule has 0 saturated carbocycles. The normalized spacial score (nSPS) is 14.9. The van der Waals surface area contributed by atoms with Gasteiger partial charge in [-0.3, -0.25) is 9.97 Å². The average molecular weight is 1230 g/mol. The van der Waals surface area contributed by atoms with Crippen LogP contribution >= 0.6 is 0 Å². The lowest BCUT2D eigenvalue weighted by atomic mass is 9.88. The first-order valence-corrected chi connectivity index (χ1v) is 32.6. The van der Waals surface area contributed by atoms with Crippen molar-refractivity contribution in [2.45, 2.75) is 190 Å². The Hall–Kier alpha value is -8.02. The average Bonchev–Trinajstić information content (AvgIpc) is 2.99. The number of anilines is 1. The van der Waals surface area contributed by atoms with Crippen molar-refractivity contribution < 1.29 is 42.6 Å². The Morgan fingerprint density at radius 2 is 0.733 bits per heavy atom. The molecule has 7 aromatic rings. The number of fused-ring (bicyclic) bond motifs is 7. The van der Waals surface area contributed by atoms with Gasteiger partial charge in [0.1, 0.15) is 45.1 Å². The number of aromatic nitrogens is 8. The summed E-state index contributed by atoms with van der Waals surface area (Å²) < 4.78 is 48.9. The van der Waals surface area contributed by atoms with Gasteiger partial charge in [0.25, 0.3) is 17.6 Å². The standard InChI is InChI=1S/C12H17N.2C11H15NO.C10H14N2O.2C10H13NO2.C8H10N2O2/c1-9(2)10-7-8-13-12-6-4-3-5-11(10)12;1-8(2)9-5-6-12-10-4-3-7-13-11(9)10;1-8(2)9-5-6-12-11-10(9)4-3-7-13-11;1-7(2)8-3-4-11-10-9(8)13-6-5-12-10;2*1-7(2)8-3-4-11-10-9(8)12-5-6-13-10;1-5(2)6-7-8(10-3-9-6)12-4-11-7/h7-9H,3-6H2,1-2H3;2*5-6,8H,3-4,7H2,1-2H3;3-4,7H,5-6H2,1-2H3,(H,11,12);2*3-4,7H,5-6H2,1-2H3;3,5H,4H2,1-2H3. The van der Waals surface area contributed by atoms with Gasteiger partial charge in [-0.15, -0.1) is 0 Å². The monoisotopic (exact) mass is 1230 g/mol. The molecule has 0 bridgehead atoms. The van der Waals surface area contributed by atoms with Crippen LogP contribution in [-0.4, -0.2) is 99.5 Å². The molecule has 0 aromatic carbocycles. The fourth-order valence-corrected chi connectivity index (χ4v) is 11.3. The molecule has 13 heterocycles. The summed E-state index contributed by atoms with van der Waals surface area (Å²) in [7, 11) is 0. The van der Waals surface area contributed by atoms with Gasteiger partial charge in [-0.25, -0.2) is 24.9 Å². The van der Waals surface area contributed by atoms with E-state index in [2.05, 4.69) is 160 Å². The van der Waals surface area contributed by atoms with Gasteiger partial charge in [0.15, 0.2) is 23.1 Å². The second kappa shape index (κ2) is 33.7. The predicted octanol–water partition coefficient (Wildman–Crippen LogP) is 15.4. The Kier molecular flexibility index (Phi) is 25.4. The highest BCUT2D eigenvalue weighted by Gasteiger charge is 2.24. The number of hydrogen-bond acceptors (Lipinski definition) is 18. The SMILES string of the molecule is CC(C)c1ccnc2c1CCCC2.CC(C)c1ccnc2c1CCCO2.CC(C)c1ccnc2c1OCCC2.CC(C)c1ccnc2c1OCCN2.CC(C)c1ccnc2c1OCCO2.CC(C)c1ccnc2c1OCCO2.CC(C)c1ncnc2c1OCO2. The molecule has 484 valence electrons. The van der Waals surface area contributed by atoms with Crippen molar-refractivity contribution in [3.8, 4) is 52.3 Å². The van der Waals surface area contributed by atoms with Crippen LogP contribution in [0.25, 0.3) is 0 Å². The minimum absolute atomic E-state index is 0.258. The van der Waals surface area contributed by atoms with E-state index in [0.717, 1.165) is 98.1 Å². The first-order chi connectivity index (χ1) is 43.5. The molecule has 1 N–H and O–H groups in total. The van der Waals surface area contributed by atoms with Crippen LogP contribution < -0.4 is 47.9 Å². The maximum Gasteiger partial charge on any atom is 0.263 e. The van der Waals surface area contributed by atoms with Crippen molar-refractivity contribution in [3.63, 3.8) is 0 Å². The smallest absolute Gasteiger partial charge is 0.263 e. The number of aryl methyl sites for hydroxylation is 2. The summed E-state index contributed by atoms with van der Waals surface area (Å²) in [4.78, 5) is 33.6. The molecule has 14 rings (SSSR count). The van der Waals surface area contributed by atoms with E-state index in [1.54, 1.807) is 18.0 Å². The fourth-order valence-electron chi connectivity index (χ4n) is 11.3. The first kappa shape index (κ1) is 67.9. The molecule has 1 aliphatic carbocycles. The predicted molar refractivity (Wildman–Crippen MR) is 352 cm³/mol. The van der Waals surface area contributed by atoms with Crippen molar-refractivity contribution in [2.75, 3.05) is 64.9 Å². The number of pyridine rings is 6. The summed E-state index contributed by atoms with van der Waals surface area (Å²) in [6.07, 6.45) is 22.1. The lowest BCUT2D eigenvalue weighted by Crippen LogP contribution is -2.20. The topological polar surface area (TPSA) is 198 Å². The van der Waals surface area contributed by atoms with E-state index < -0.39 is 0 Å². The highest BCUT2D eigenvalue weighted by molar-refractivity contribution is 5.56. The second-order valence-electron chi connectivity index (χ2n) is 25.0. The van der Waals surface area contributed by atoms with Gasteiger partial charge >= 0.3 is 0 Å². The van der Waals surface area contributed by atoms with E-state index in [9.17, 15) is 0 Å². The molecule has 18 heteroatoms. The third-order valence-corrected chi connectivity index (χ3v) is 15.9. The number of rotatable bonds is 7. The van der Waals surface area contributed by atoms with Crippen molar-refractivity contribution in [3.05, 3.63) is 141 Å². The zero-order chi connectivity index (χ0) is 64.1. The van der Waals surface area contributed by atoms with Crippen molar-refractivity contribution in [1.82, 2.24) is 39.9 Å². The quantitative estimate of drug-likeness (QED) is 0.158. The third-order valence-electron chi connectivity index (χ3n) is 15.9. The van der Waals surface area contributed by atoms with E-state index in [0.29, 0.717) is 91.2 Å². The van der Waals surface area contributed by atoms with Gasteiger partial charge in [0.05, 0.1) is 31.1 Å². The molecule has 0 atom stereocenters. The number of nitrogens with zero attached hydrogens (tertiary/aromatic N) is 8. The fraction of sp³-hybridized carbons (Fsp3) is 0.528. The van der Waals surface area contributed by atoms with E-state index in [-0.39, 0.29) is 6.79 Å². The van der Waals surface area contributed by atoms with Crippen LogP contribution in [0.4, 0.5) is 5.82 Å². The Balaban J connectivity index is 0.000000136. The Morgan fingerprint density at radius 1 is 0.311 bits per heavy atom. The lowest BCUT2D eigenvalue weighted by molar-refractivity contribution is 0.162. The second-order valence-corrected chi connectivity index (χ2v) is 25.0. The molecule has 0 fully saturated rings. The van der Waals surface area contributed by atoms with Crippen LogP contribution in [-0.2, 0) is 25.7 Å². The molecule has 90 heavy (non-hydrogen) atoms. The molecular weight excluding hydrogens is 1130 g/mol. The molecule has 6 aliphatic heterocycles. The van der Waals surface area contributed by atoms with Crippen LogP contribution in [0, 0.1) is 0 Å². The largest absolute Gasteiger partial charge is 0.491 e. The van der Waals surface area contributed by atoms with E-state index in [1.165, 1.54) is 76.6 Å². The Labute approximate surface area is 534 Å². The Morgan fingerprint density at radius 3 is 1.33 bits per heavy atom. The summed E-state index contributed by atoms with van der Waals surface area (Å²) in [5.74, 6) is 11.4. The summed E-state index contributed by atoms with van der Waals surface area (Å²) in [5, 5.41) is 3.22. The van der Waals surface area contributed by atoms with E-state index in [4.69, 9.17) is 42.6 Å². The van der Waals surface area contributed by atoms with Gasteiger partial charge in [0, 0.05) is 70.7 Å². The minimum Gasteiger partial charge on any atom is -0.491 e. The van der Waals surface area contributed by atoms with Gasteiger partial charge in [-0.2, -0.15) is 4.98 Å². The van der Waals surface area contributed by atoms with Crippen LogP contribution in [0.1, 0.15) is 226 Å². The summed E-state index contributed by atoms with van der Waals surface area (Å²) in [5.41, 5.74) is 14.1. The highest BCUT2D eigenvalue weighted by Crippen LogP contribution is 2.39.